The zero-order valence-electron chi connectivity index (χ0n) is 14.1. The van der Waals surface area contributed by atoms with Crippen LogP contribution < -0.4 is 4.74 Å². The van der Waals surface area contributed by atoms with E-state index in [2.05, 4.69) is 11.8 Å². The van der Waals surface area contributed by atoms with E-state index in [1.807, 2.05) is 7.05 Å². The van der Waals surface area contributed by atoms with Crippen molar-refractivity contribution in [3.63, 3.8) is 0 Å². The van der Waals surface area contributed by atoms with E-state index in [0.717, 1.165) is 25.4 Å². The second-order valence-electron chi connectivity index (χ2n) is 6.43. The number of likely N-dealkylation sites (tertiary alicyclic amines) is 1. The SMILES string of the molecule is CC1CCN(CC(=O)N(C)CCCOc2ccc(F)cc2)CC1. The van der Waals surface area contributed by atoms with Crippen LogP contribution in [0.25, 0.3) is 0 Å². The molecule has 4 nitrogen and oxygen atoms in total. The van der Waals surface area contributed by atoms with Gasteiger partial charge in [0, 0.05) is 13.6 Å². The fraction of sp³-hybridized carbons (Fsp3) is 0.611. The van der Waals surface area contributed by atoms with Crippen molar-refractivity contribution < 1.29 is 13.9 Å². The molecule has 0 N–H and O–H groups in total. The maximum absolute atomic E-state index is 12.8. The molecule has 0 aliphatic carbocycles. The lowest BCUT2D eigenvalue weighted by atomic mass is 9.99. The number of halogens is 1. The molecule has 23 heavy (non-hydrogen) atoms. The smallest absolute Gasteiger partial charge is 0.236 e. The van der Waals surface area contributed by atoms with Gasteiger partial charge in [0.15, 0.2) is 0 Å². The Bertz CT molecular complexity index is 484. The van der Waals surface area contributed by atoms with E-state index < -0.39 is 0 Å². The number of hydrogen-bond donors (Lipinski definition) is 0. The Morgan fingerprint density at radius 3 is 2.61 bits per heavy atom. The number of nitrogens with zero attached hydrogens (tertiary/aromatic N) is 2. The van der Waals surface area contributed by atoms with Gasteiger partial charge in [-0.05, 0) is 62.5 Å². The zero-order chi connectivity index (χ0) is 16.7. The molecule has 0 radical (unpaired) electrons. The number of likely N-dealkylation sites (N-methyl/N-ethyl adjacent to an activating group) is 1. The van der Waals surface area contributed by atoms with E-state index in [1.54, 1.807) is 17.0 Å². The van der Waals surface area contributed by atoms with Gasteiger partial charge in [-0.2, -0.15) is 0 Å². The molecule has 128 valence electrons. The Morgan fingerprint density at radius 2 is 1.96 bits per heavy atom. The van der Waals surface area contributed by atoms with Crippen LogP contribution in [0.1, 0.15) is 26.2 Å². The molecule has 0 saturated carbocycles. The molecule has 1 aromatic carbocycles. The van der Waals surface area contributed by atoms with Crippen molar-refractivity contribution in [1.29, 1.82) is 0 Å². The number of carbonyl (C=O) groups excluding carboxylic acids is 1. The zero-order valence-corrected chi connectivity index (χ0v) is 14.1. The number of hydrogen-bond acceptors (Lipinski definition) is 3. The summed E-state index contributed by atoms with van der Waals surface area (Å²) in [5.41, 5.74) is 0. The topological polar surface area (TPSA) is 32.8 Å². The van der Waals surface area contributed by atoms with Gasteiger partial charge in [-0.1, -0.05) is 6.92 Å². The summed E-state index contributed by atoms with van der Waals surface area (Å²) < 4.78 is 18.3. The summed E-state index contributed by atoms with van der Waals surface area (Å²) in [5, 5.41) is 0. The van der Waals surface area contributed by atoms with Crippen LogP contribution in [0, 0.1) is 11.7 Å². The molecular formula is C18H27FN2O2. The molecule has 0 unspecified atom stereocenters. The van der Waals surface area contributed by atoms with Crippen LogP contribution in [-0.2, 0) is 4.79 Å². The Hall–Kier alpha value is -1.62. The minimum atomic E-state index is -0.269. The van der Waals surface area contributed by atoms with Gasteiger partial charge in [0.2, 0.25) is 5.91 Å². The molecule has 0 bridgehead atoms. The van der Waals surface area contributed by atoms with E-state index in [9.17, 15) is 9.18 Å². The highest BCUT2D eigenvalue weighted by Gasteiger charge is 2.19. The third-order valence-corrected chi connectivity index (χ3v) is 4.38. The van der Waals surface area contributed by atoms with E-state index in [-0.39, 0.29) is 11.7 Å². The number of amides is 1. The first-order valence-corrected chi connectivity index (χ1v) is 8.39. The largest absolute Gasteiger partial charge is 0.494 e. The first kappa shape index (κ1) is 17.7. The minimum Gasteiger partial charge on any atom is -0.494 e. The highest BCUT2D eigenvalue weighted by atomic mass is 19.1. The predicted molar refractivity (Wildman–Crippen MR) is 89.0 cm³/mol. The van der Waals surface area contributed by atoms with Gasteiger partial charge in [0.25, 0.3) is 0 Å². The Labute approximate surface area is 138 Å². The number of rotatable bonds is 7. The lowest BCUT2D eigenvalue weighted by Gasteiger charge is -2.31. The quantitative estimate of drug-likeness (QED) is 0.724. The van der Waals surface area contributed by atoms with Gasteiger partial charge in [0.1, 0.15) is 11.6 Å². The number of piperidine rings is 1. The third kappa shape index (κ3) is 6.18. The van der Waals surface area contributed by atoms with Crippen LogP contribution in [0.3, 0.4) is 0 Å². The molecule has 0 atom stereocenters. The molecule has 2 rings (SSSR count). The number of benzene rings is 1. The van der Waals surface area contributed by atoms with Crippen molar-refractivity contribution >= 4 is 5.91 Å². The molecule has 5 heteroatoms. The molecule has 1 aliphatic rings. The summed E-state index contributed by atoms with van der Waals surface area (Å²) in [6.07, 6.45) is 3.13. The van der Waals surface area contributed by atoms with Crippen molar-refractivity contribution in [2.45, 2.75) is 26.2 Å². The molecule has 1 saturated heterocycles. The van der Waals surface area contributed by atoms with Gasteiger partial charge in [0.05, 0.1) is 13.2 Å². The average molecular weight is 322 g/mol. The van der Waals surface area contributed by atoms with E-state index >= 15 is 0 Å². The molecule has 1 heterocycles. The van der Waals surface area contributed by atoms with Gasteiger partial charge < -0.3 is 9.64 Å². The van der Waals surface area contributed by atoms with Crippen molar-refractivity contribution in [1.82, 2.24) is 9.80 Å². The molecule has 0 spiro atoms. The summed E-state index contributed by atoms with van der Waals surface area (Å²) in [6, 6.07) is 5.98. The highest BCUT2D eigenvalue weighted by Crippen LogP contribution is 2.15. The van der Waals surface area contributed by atoms with E-state index in [4.69, 9.17) is 4.74 Å². The van der Waals surface area contributed by atoms with Crippen LogP contribution in [0.2, 0.25) is 0 Å². The lowest BCUT2D eigenvalue weighted by molar-refractivity contribution is -0.131. The summed E-state index contributed by atoms with van der Waals surface area (Å²) in [5.74, 6) is 1.33. The predicted octanol–water partition coefficient (Wildman–Crippen LogP) is 2.78. The molecule has 1 amide bonds. The van der Waals surface area contributed by atoms with E-state index in [0.29, 0.717) is 25.4 Å². The Balaban J connectivity index is 1.61. The standard InChI is InChI=1S/C18H27FN2O2/c1-15-8-11-21(12-9-15)14-18(22)20(2)10-3-13-23-17-6-4-16(19)5-7-17/h4-7,15H,3,8-14H2,1-2H3. The maximum Gasteiger partial charge on any atom is 0.236 e. The Kier molecular flexibility index (Phi) is 6.84. The summed E-state index contributed by atoms with van der Waals surface area (Å²) in [4.78, 5) is 16.2. The third-order valence-electron chi connectivity index (χ3n) is 4.38. The molecular weight excluding hydrogens is 295 g/mol. The molecule has 0 aromatic heterocycles. The van der Waals surface area contributed by atoms with Crippen molar-refractivity contribution in [3.05, 3.63) is 30.1 Å². The second-order valence-corrected chi connectivity index (χ2v) is 6.43. The van der Waals surface area contributed by atoms with Crippen LogP contribution in [0.15, 0.2) is 24.3 Å². The van der Waals surface area contributed by atoms with Gasteiger partial charge in [-0.25, -0.2) is 4.39 Å². The Morgan fingerprint density at radius 1 is 1.30 bits per heavy atom. The second kappa shape index (κ2) is 8.87. The van der Waals surface area contributed by atoms with Crippen LogP contribution in [-0.4, -0.2) is 55.5 Å². The summed E-state index contributed by atoms with van der Waals surface area (Å²) in [6.45, 7) is 6.02. The summed E-state index contributed by atoms with van der Waals surface area (Å²) >= 11 is 0. The monoisotopic (exact) mass is 322 g/mol. The fourth-order valence-electron chi connectivity index (χ4n) is 2.68. The summed E-state index contributed by atoms with van der Waals surface area (Å²) in [7, 11) is 1.84. The fourth-order valence-corrected chi connectivity index (χ4v) is 2.68. The highest BCUT2D eigenvalue weighted by molar-refractivity contribution is 5.77. The van der Waals surface area contributed by atoms with Gasteiger partial charge in [-0.3, -0.25) is 9.69 Å². The van der Waals surface area contributed by atoms with Crippen molar-refractivity contribution in [3.8, 4) is 5.75 Å². The molecule has 1 aliphatic heterocycles. The van der Waals surface area contributed by atoms with Crippen LogP contribution >= 0.6 is 0 Å². The van der Waals surface area contributed by atoms with Gasteiger partial charge in [-0.15, -0.1) is 0 Å². The van der Waals surface area contributed by atoms with Gasteiger partial charge >= 0.3 is 0 Å². The maximum atomic E-state index is 12.8. The van der Waals surface area contributed by atoms with Crippen molar-refractivity contribution in [2.24, 2.45) is 5.92 Å². The number of carbonyl (C=O) groups is 1. The van der Waals surface area contributed by atoms with E-state index in [1.165, 1.54) is 25.0 Å². The normalized spacial score (nSPS) is 16.3. The molecule has 1 fully saturated rings. The average Bonchev–Trinajstić information content (AvgIpc) is 2.55. The van der Waals surface area contributed by atoms with Crippen LogP contribution in [0.5, 0.6) is 5.75 Å². The van der Waals surface area contributed by atoms with Crippen LogP contribution in [0.4, 0.5) is 4.39 Å². The lowest BCUT2D eigenvalue weighted by Crippen LogP contribution is -2.42. The number of ether oxygens (including phenoxy) is 1. The molecule has 1 aromatic rings. The first-order valence-electron chi connectivity index (χ1n) is 8.39. The first-order chi connectivity index (χ1) is 11.0. The minimum absolute atomic E-state index is 0.168. The van der Waals surface area contributed by atoms with Crippen molar-refractivity contribution in [2.75, 3.05) is 39.8 Å².